The average Bonchev–Trinajstić information content (AvgIpc) is 2.82. The van der Waals surface area contributed by atoms with Crippen LogP contribution in [0.2, 0.25) is 0 Å². The average molecular weight is 275 g/mol. The fourth-order valence-electron chi connectivity index (χ4n) is 2.11. The minimum absolute atomic E-state index is 0. The maximum atomic E-state index is 12.0. The summed E-state index contributed by atoms with van der Waals surface area (Å²) in [5, 5.41) is 5.28. The smallest absolute Gasteiger partial charge is 0.227 e. The number of halogens is 1. The number of carbonyl (C=O) groups is 1. The van der Waals surface area contributed by atoms with Crippen molar-refractivity contribution < 1.29 is 4.79 Å². The topological polar surface area (TPSA) is 32.3 Å². The molecular formula is C12H19ClN2OS. The lowest BCUT2D eigenvalue weighted by Gasteiger charge is -2.32. The van der Waals surface area contributed by atoms with Gasteiger partial charge in [-0.05, 0) is 31.3 Å². The summed E-state index contributed by atoms with van der Waals surface area (Å²) in [6.45, 7) is 1.78. The van der Waals surface area contributed by atoms with Crippen LogP contribution in [-0.4, -0.2) is 37.0 Å². The molecule has 1 aromatic rings. The van der Waals surface area contributed by atoms with Gasteiger partial charge in [-0.15, -0.1) is 23.7 Å². The number of likely N-dealkylation sites (N-methyl/N-ethyl adjacent to an activating group) is 1. The van der Waals surface area contributed by atoms with Crippen molar-refractivity contribution in [1.82, 2.24) is 10.2 Å². The lowest BCUT2D eigenvalue weighted by molar-refractivity contribution is -0.131. The second-order valence-corrected chi connectivity index (χ2v) is 5.26. The molecule has 3 nitrogen and oxygen atoms in total. The Balaban J connectivity index is 0.00000144. The Hall–Kier alpha value is -0.580. The van der Waals surface area contributed by atoms with Gasteiger partial charge >= 0.3 is 0 Å². The van der Waals surface area contributed by atoms with E-state index in [0.717, 1.165) is 24.4 Å². The van der Waals surface area contributed by atoms with E-state index >= 15 is 0 Å². The highest BCUT2D eigenvalue weighted by molar-refractivity contribution is 7.10. The molecule has 1 aliphatic rings. The molecule has 96 valence electrons. The number of piperidine rings is 1. The number of amides is 1. The highest BCUT2D eigenvalue weighted by Gasteiger charge is 2.22. The Kier molecular flexibility index (Phi) is 5.95. The third kappa shape index (κ3) is 3.98. The monoisotopic (exact) mass is 274 g/mol. The molecule has 1 amide bonds. The van der Waals surface area contributed by atoms with Crippen LogP contribution in [0.1, 0.15) is 17.7 Å². The Morgan fingerprint density at radius 1 is 1.65 bits per heavy atom. The van der Waals surface area contributed by atoms with Gasteiger partial charge in [-0.2, -0.15) is 0 Å². The van der Waals surface area contributed by atoms with Crippen molar-refractivity contribution >= 4 is 29.7 Å². The first kappa shape index (κ1) is 14.5. The predicted molar refractivity (Wildman–Crippen MR) is 73.9 cm³/mol. The van der Waals surface area contributed by atoms with E-state index in [1.165, 1.54) is 6.42 Å². The second kappa shape index (κ2) is 6.99. The Bertz CT molecular complexity index is 342. The van der Waals surface area contributed by atoms with Crippen molar-refractivity contribution in [2.75, 3.05) is 20.1 Å². The molecule has 5 heteroatoms. The van der Waals surface area contributed by atoms with Crippen molar-refractivity contribution in [2.45, 2.75) is 25.3 Å². The summed E-state index contributed by atoms with van der Waals surface area (Å²) in [7, 11) is 1.97. The van der Waals surface area contributed by atoms with Crippen LogP contribution in [0.4, 0.5) is 0 Å². The Morgan fingerprint density at radius 2 is 2.47 bits per heavy atom. The molecule has 1 aromatic heterocycles. The molecule has 1 atom stereocenters. The van der Waals surface area contributed by atoms with Crippen LogP contribution in [0, 0.1) is 0 Å². The molecule has 1 aliphatic heterocycles. The summed E-state index contributed by atoms with van der Waals surface area (Å²) in [6.07, 6.45) is 2.86. The van der Waals surface area contributed by atoms with Crippen LogP contribution >= 0.6 is 23.7 Å². The lowest BCUT2D eigenvalue weighted by atomic mass is 10.1. The fourth-order valence-corrected chi connectivity index (χ4v) is 2.81. The molecule has 1 saturated heterocycles. The normalized spacial score (nSPS) is 19.8. The third-order valence-corrected chi connectivity index (χ3v) is 3.96. The van der Waals surface area contributed by atoms with Crippen LogP contribution in [0.15, 0.2) is 17.5 Å². The number of hydrogen-bond acceptors (Lipinski definition) is 3. The van der Waals surface area contributed by atoms with E-state index in [4.69, 9.17) is 0 Å². The first-order chi connectivity index (χ1) is 7.79. The largest absolute Gasteiger partial charge is 0.341 e. The van der Waals surface area contributed by atoms with Gasteiger partial charge in [-0.3, -0.25) is 4.79 Å². The van der Waals surface area contributed by atoms with Crippen LogP contribution in [-0.2, 0) is 11.2 Å². The molecule has 1 fully saturated rings. The number of thiophene rings is 1. The van der Waals surface area contributed by atoms with Crippen LogP contribution in [0.5, 0.6) is 0 Å². The highest BCUT2D eigenvalue weighted by Crippen LogP contribution is 2.14. The Morgan fingerprint density at radius 3 is 3.12 bits per heavy atom. The summed E-state index contributed by atoms with van der Waals surface area (Å²) in [4.78, 5) is 15.2. The van der Waals surface area contributed by atoms with Gasteiger partial charge in [0.2, 0.25) is 5.91 Å². The number of hydrogen-bond donors (Lipinski definition) is 1. The van der Waals surface area contributed by atoms with Crippen molar-refractivity contribution in [3.63, 3.8) is 0 Å². The molecule has 0 radical (unpaired) electrons. The molecule has 2 rings (SSSR count). The zero-order valence-corrected chi connectivity index (χ0v) is 11.6. The molecule has 2 heterocycles. The summed E-state index contributed by atoms with van der Waals surface area (Å²) in [6, 6.07) is 4.50. The predicted octanol–water partition coefficient (Wildman–Crippen LogP) is 1.92. The zero-order chi connectivity index (χ0) is 11.4. The van der Waals surface area contributed by atoms with Crippen LogP contribution in [0.3, 0.4) is 0 Å². The van der Waals surface area contributed by atoms with Crippen molar-refractivity contribution in [3.8, 4) is 0 Å². The summed E-state index contributed by atoms with van der Waals surface area (Å²) in [5.74, 6) is 0.266. The second-order valence-electron chi connectivity index (χ2n) is 4.22. The number of rotatable bonds is 3. The fraction of sp³-hybridized carbons (Fsp3) is 0.583. The molecule has 0 aliphatic carbocycles. The van der Waals surface area contributed by atoms with E-state index in [9.17, 15) is 4.79 Å². The minimum atomic E-state index is 0. The van der Waals surface area contributed by atoms with E-state index in [2.05, 4.69) is 5.32 Å². The Labute approximate surface area is 113 Å². The minimum Gasteiger partial charge on any atom is -0.341 e. The van der Waals surface area contributed by atoms with E-state index in [1.807, 2.05) is 29.5 Å². The molecule has 17 heavy (non-hydrogen) atoms. The molecule has 0 bridgehead atoms. The summed E-state index contributed by atoms with van der Waals surface area (Å²) in [5.41, 5.74) is 0. The van der Waals surface area contributed by atoms with Crippen LogP contribution in [0.25, 0.3) is 0 Å². The van der Waals surface area contributed by atoms with Gasteiger partial charge in [0.1, 0.15) is 0 Å². The number of nitrogens with one attached hydrogen (secondary N) is 1. The van der Waals surface area contributed by atoms with Crippen molar-refractivity contribution in [1.29, 1.82) is 0 Å². The third-order valence-electron chi connectivity index (χ3n) is 3.09. The SMILES string of the molecule is CNC1CCCN(C(=O)Cc2cccs2)C1.Cl. The first-order valence-electron chi connectivity index (χ1n) is 5.77. The standard InChI is InChI=1S/C12H18N2OS.ClH/c1-13-10-4-2-6-14(9-10)12(15)8-11-5-3-7-16-11;/h3,5,7,10,13H,2,4,6,8-9H2,1H3;1H. The van der Waals surface area contributed by atoms with E-state index in [1.54, 1.807) is 11.3 Å². The maximum absolute atomic E-state index is 12.0. The van der Waals surface area contributed by atoms with E-state index < -0.39 is 0 Å². The van der Waals surface area contributed by atoms with E-state index in [-0.39, 0.29) is 18.3 Å². The number of carbonyl (C=O) groups excluding carboxylic acids is 1. The van der Waals surface area contributed by atoms with Gasteiger partial charge in [0.05, 0.1) is 6.42 Å². The highest BCUT2D eigenvalue weighted by atomic mass is 35.5. The van der Waals surface area contributed by atoms with Gasteiger partial charge in [0.15, 0.2) is 0 Å². The van der Waals surface area contributed by atoms with Gasteiger partial charge < -0.3 is 10.2 Å². The lowest BCUT2D eigenvalue weighted by Crippen LogP contribution is -2.47. The summed E-state index contributed by atoms with van der Waals surface area (Å²) >= 11 is 1.66. The maximum Gasteiger partial charge on any atom is 0.227 e. The number of likely N-dealkylation sites (tertiary alicyclic amines) is 1. The molecule has 1 unspecified atom stereocenters. The van der Waals surface area contributed by atoms with Gasteiger partial charge in [-0.1, -0.05) is 6.07 Å². The van der Waals surface area contributed by atoms with E-state index in [0.29, 0.717) is 12.5 Å². The van der Waals surface area contributed by atoms with Crippen molar-refractivity contribution in [3.05, 3.63) is 22.4 Å². The van der Waals surface area contributed by atoms with Crippen LogP contribution < -0.4 is 5.32 Å². The molecule has 0 spiro atoms. The summed E-state index contributed by atoms with van der Waals surface area (Å²) < 4.78 is 0. The van der Waals surface area contributed by atoms with Crippen molar-refractivity contribution in [2.24, 2.45) is 0 Å². The number of nitrogens with zero attached hydrogens (tertiary/aromatic N) is 1. The van der Waals surface area contributed by atoms with Gasteiger partial charge in [0.25, 0.3) is 0 Å². The molecular weight excluding hydrogens is 256 g/mol. The van der Waals surface area contributed by atoms with Gasteiger partial charge in [0, 0.05) is 24.0 Å². The quantitative estimate of drug-likeness (QED) is 0.913. The molecule has 1 N–H and O–H groups in total. The first-order valence-corrected chi connectivity index (χ1v) is 6.65. The zero-order valence-electron chi connectivity index (χ0n) is 10.0. The van der Waals surface area contributed by atoms with Gasteiger partial charge in [-0.25, -0.2) is 0 Å². The molecule has 0 saturated carbocycles. The molecule has 0 aromatic carbocycles.